The second-order valence-electron chi connectivity index (χ2n) is 7.71. The molecule has 3 rings (SSSR count). The van der Waals surface area contributed by atoms with Gasteiger partial charge < -0.3 is 0 Å². The molecule has 0 N–H and O–H groups in total. The molecule has 2 saturated carbocycles. The quantitative estimate of drug-likeness (QED) is 0.591. The summed E-state index contributed by atoms with van der Waals surface area (Å²) in [6.45, 7) is 2.10. The number of rotatable bonds is 4. The minimum absolute atomic E-state index is 0.161. The predicted molar refractivity (Wildman–Crippen MR) is 96.1 cm³/mol. The van der Waals surface area contributed by atoms with Crippen LogP contribution in [-0.2, 0) is 0 Å². The zero-order valence-electron chi connectivity index (χ0n) is 14.7. The summed E-state index contributed by atoms with van der Waals surface area (Å²) < 4.78 is 13.9. The molecule has 0 bridgehead atoms. The van der Waals surface area contributed by atoms with Gasteiger partial charge in [0, 0.05) is 0 Å². The molecular formula is C22H28FN. The standard InChI is InChI=1S/C22H28FN/c1-2-3-4-5-16-6-7-18-13-19(9-8-17(18)12-16)20-10-11-21(15-24)22(23)14-20/h2-3,10-11,14,16-19H,4-9,12-13H2,1H3/t16-,17-,18-,19-/m1/s1. The zero-order chi connectivity index (χ0) is 16.9. The monoisotopic (exact) mass is 325 g/mol. The van der Waals surface area contributed by atoms with Gasteiger partial charge in [0.25, 0.3) is 0 Å². The van der Waals surface area contributed by atoms with Crippen molar-refractivity contribution in [1.29, 1.82) is 5.26 Å². The van der Waals surface area contributed by atoms with Gasteiger partial charge >= 0.3 is 0 Å². The van der Waals surface area contributed by atoms with Gasteiger partial charge in [-0.1, -0.05) is 24.6 Å². The van der Waals surface area contributed by atoms with E-state index in [4.69, 9.17) is 5.26 Å². The first-order valence-corrected chi connectivity index (χ1v) is 9.52. The highest BCUT2D eigenvalue weighted by molar-refractivity contribution is 5.35. The van der Waals surface area contributed by atoms with Gasteiger partial charge in [0.2, 0.25) is 0 Å². The summed E-state index contributed by atoms with van der Waals surface area (Å²) in [5, 5.41) is 8.88. The summed E-state index contributed by atoms with van der Waals surface area (Å²) in [6, 6.07) is 7.14. The Hall–Kier alpha value is -1.62. The van der Waals surface area contributed by atoms with Crippen LogP contribution in [0.2, 0.25) is 0 Å². The van der Waals surface area contributed by atoms with Crippen molar-refractivity contribution < 1.29 is 4.39 Å². The maximum absolute atomic E-state index is 13.9. The van der Waals surface area contributed by atoms with E-state index in [-0.39, 0.29) is 11.4 Å². The molecule has 0 amide bonds. The van der Waals surface area contributed by atoms with Crippen molar-refractivity contribution in [3.05, 3.63) is 47.3 Å². The van der Waals surface area contributed by atoms with Crippen LogP contribution in [0.1, 0.15) is 75.3 Å². The molecule has 2 aliphatic rings. The number of allylic oxidation sites excluding steroid dienone is 2. The fraction of sp³-hybridized carbons (Fsp3) is 0.591. The minimum Gasteiger partial charge on any atom is -0.206 e. The summed E-state index contributed by atoms with van der Waals surface area (Å²) in [5.74, 6) is 2.73. The van der Waals surface area contributed by atoms with Crippen LogP contribution in [0.15, 0.2) is 30.4 Å². The second-order valence-corrected chi connectivity index (χ2v) is 7.71. The van der Waals surface area contributed by atoms with Crippen LogP contribution in [0.4, 0.5) is 4.39 Å². The van der Waals surface area contributed by atoms with E-state index in [1.165, 1.54) is 51.4 Å². The Morgan fingerprint density at radius 3 is 2.71 bits per heavy atom. The number of nitrogens with zero attached hydrogens (tertiary/aromatic N) is 1. The topological polar surface area (TPSA) is 23.8 Å². The van der Waals surface area contributed by atoms with Crippen LogP contribution >= 0.6 is 0 Å². The van der Waals surface area contributed by atoms with Gasteiger partial charge in [-0.15, -0.1) is 0 Å². The van der Waals surface area contributed by atoms with E-state index < -0.39 is 0 Å². The molecule has 2 heteroatoms. The summed E-state index contributed by atoms with van der Waals surface area (Å²) >= 11 is 0. The largest absolute Gasteiger partial charge is 0.206 e. The predicted octanol–water partition coefficient (Wildman–Crippen LogP) is 6.35. The van der Waals surface area contributed by atoms with Crippen molar-refractivity contribution in [3.8, 4) is 6.07 Å². The molecule has 0 aromatic heterocycles. The molecule has 0 aliphatic heterocycles. The van der Waals surface area contributed by atoms with Gasteiger partial charge in [0.05, 0.1) is 5.56 Å². The molecule has 128 valence electrons. The van der Waals surface area contributed by atoms with Gasteiger partial charge in [0.1, 0.15) is 11.9 Å². The number of hydrogen-bond acceptors (Lipinski definition) is 1. The molecule has 4 atom stereocenters. The number of benzene rings is 1. The SMILES string of the molecule is CC=CCC[C@@H]1CC[C@@H]2C[C@H](c3ccc(C#N)c(F)c3)CC[C@@H]2C1. The third-order valence-corrected chi connectivity index (χ3v) is 6.28. The minimum atomic E-state index is -0.357. The Morgan fingerprint density at radius 2 is 1.96 bits per heavy atom. The summed E-state index contributed by atoms with van der Waals surface area (Å²) in [7, 11) is 0. The number of hydrogen-bond donors (Lipinski definition) is 0. The van der Waals surface area contributed by atoms with Gasteiger partial charge in [0.15, 0.2) is 0 Å². The summed E-state index contributed by atoms with van der Waals surface area (Å²) in [4.78, 5) is 0. The van der Waals surface area contributed by atoms with Crippen molar-refractivity contribution in [1.82, 2.24) is 0 Å². The molecule has 0 saturated heterocycles. The molecule has 0 unspecified atom stereocenters. The smallest absolute Gasteiger partial charge is 0.141 e. The van der Waals surface area contributed by atoms with E-state index >= 15 is 0 Å². The molecule has 1 nitrogen and oxygen atoms in total. The van der Waals surface area contributed by atoms with Gasteiger partial charge in [-0.3, -0.25) is 0 Å². The van der Waals surface area contributed by atoms with Crippen LogP contribution in [0.5, 0.6) is 0 Å². The third kappa shape index (κ3) is 3.89. The highest BCUT2D eigenvalue weighted by atomic mass is 19.1. The molecular weight excluding hydrogens is 297 g/mol. The fourth-order valence-electron chi connectivity index (χ4n) is 4.93. The van der Waals surface area contributed by atoms with Gasteiger partial charge in [-0.2, -0.15) is 5.26 Å². The molecule has 0 radical (unpaired) electrons. The summed E-state index contributed by atoms with van der Waals surface area (Å²) in [6.07, 6.45) is 14.8. The third-order valence-electron chi connectivity index (χ3n) is 6.28. The van der Waals surface area contributed by atoms with E-state index in [0.29, 0.717) is 5.92 Å². The maximum Gasteiger partial charge on any atom is 0.141 e. The average molecular weight is 325 g/mol. The number of nitriles is 1. The average Bonchev–Trinajstić information content (AvgIpc) is 2.61. The first-order chi connectivity index (χ1) is 11.7. The molecule has 2 aliphatic carbocycles. The van der Waals surface area contributed by atoms with Crippen LogP contribution in [0.25, 0.3) is 0 Å². The van der Waals surface area contributed by atoms with Gasteiger partial charge in [-0.05, 0) is 93.2 Å². The second kappa shape index (κ2) is 7.97. The van der Waals surface area contributed by atoms with Crippen LogP contribution in [0, 0.1) is 34.9 Å². The Bertz CT molecular complexity index is 627. The molecule has 2 fully saturated rings. The van der Waals surface area contributed by atoms with Crippen LogP contribution < -0.4 is 0 Å². The van der Waals surface area contributed by atoms with Crippen molar-refractivity contribution >= 4 is 0 Å². The fourth-order valence-corrected chi connectivity index (χ4v) is 4.93. The lowest BCUT2D eigenvalue weighted by Crippen LogP contribution is -2.30. The highest BCUT2D eigenvalue weighted by Gasteiger charge is 2.35. The molecule has 1 aromatic rings. The van der Waals surface area contributed by atoms with Crippen LogP contribution in [-0.4, -0.2) is 0 Å². The lowest BCUT2D eigenvalue weighted by atomic mass is 9.63. The normalized spacial score (nSPS) is 30.0. The van der Waals surface area contributed by atoms with Crippen LogP contribution in [0.3, 0.4) is 0 Å². The Kier molecular flexibility index (Phi) is 5.72. The van der Waals surface area contributed by atoms with Crippen molar-refractivity contribution in [2.24, 2.45) is 17.8 Å². The molecule has 0 heterocycles. The Balaban J connectivity index is 1.58. The van der Waals surface area contributed by atoms with E-state index in [0.717, 1.165) is 23.3 Å². The van der Waals surface area contributed by atoms with Gasteiger partial charge in [-0.25, -0.2) is 4.39 Å². The molecule has 0 spiro atoms. The van der Waals surface area contributed by atoms with E-state index in [1.807, 2.05) is 12.1 Å². The van der Waals surface area contributed by atoms with Crippen molar-refractivity contribution in [3.63, 3.8) is 0 Å². The maximum atomic E-state index is 13.9. The highest BCUT2D eigenvalue weighted by Crippen LogP contribution is 2.48. The molecule has 24 heavy (non-hydrogen) atoms. The zero-order valence-corrected chi connectivity index (χ0v) is 14.7. The first kappa shape index (κ1) is 17.2. The van der Waals surface area contributed by atoms with E-state index in [1.54, 1.807) is 12.1 Å². The Labute approximate surface area is 145 Å². The Morgan fingerprint density at radius 1 is 1.17 bits per heavy atom. The number of fused-ring (bicyclic) bond motifs is 1. The van der Waals surface area contributed by atoms with Crippen molar-refractivity contribution in [2.45, 2.75) is 64.2 Å². The van der Waals surface area contributed by atoms with Crippen molar-refractivity contribution in [2.75, 3.05) is 0 Å². The molecule has 1 aromatic carbocycles. The van der Waals surface area contributed by atoms with E-state index in [2.05, 4.69) is 19.1 Å². The number of halogens is 1. The lowest BCUT2D eigenvalue weighted by molar-refractivity contribution is 0.115. The van der Waals surface area contributed by atoms with E-state index in [9.17, 15) is 4.39 Å². The first-order valence-electron chi connectivity index (χ1n) is 9.52. The summed E-state index contributed by atoms with van der Waals surface area (Å²) in [5.41, 5.74) is 1.26. The lowest BCUT2D eigenvalue weighted by Gasteiger charge is -2.42.